The SMILES string of the molecule is C[C@H](CC(C)(C)c1ccccc1)NC(=O)c1cccc(OCc2ccccc2Cl)c1. The number of carbonyl (C=O) groups excluding carboxylic acids is 1. The average molecular weight is 422 g/mol. The molecule has 0 radical (unpaired) electrons. The van der Waals surface area contributed by atoms with Gasteiger partial charge in [0.1, 0.15) is 12.4 Å². The fraction of sp³-hybridized carbons (Fsp3) is 0.269. The molecule has 0 unspecified atom stereocenters. The van der Waals surface area contributed by atoms with Crippen LogP contribution in [0.15, 0.2) is 78.9 Å². The highest BCUT2D eigenvalue weighted by molar-refractivity contribution is 6.31. The van der Waals surface area contributed by atoms with Crippen molar-refractivity contribution in [2.24, 2.45) is 0 Å². The summed E-state index contributed by atoms with van der Waals surface area (Å²) >= 11 is 6.18. The lowest BCUT2D eigenvalue weighted by Crippen LogP contribution is -2.37. The fourth-order valence-electron chi connectivity index (χ4n) is 3.63. The van der Waals surface area contributed by atoms with Crippen LogP contribution in [0.2, 0.25) is 5.02 Å². The van der Waals surface area contributed by atoms with Crippen molar-refractivity contribution in [3.63, 3.8) is 0 Å². The molecule has 0 saturated heterocycles. The van der Waals surface area contributed by atoms with Crippen LogP contribution in [0.4, 0.5) is 0 Å². The van der Waals surface area contributed by atoms with Crippen LogP contribution in [0.25, 0.3) is 0 Å². The van der Waals surface area contributed by atoms with Gasteiger partial charge in [-0.1, -0.05) is 80.0 Å². The Balaban J connectivity index is 1.60. The molecule has 3 nitrogen and oxygen atoms in total. The number of hydrogen-bond acceptors (Lipinski definition) is 2. The molecular formula is C26H28ClNO2. The van der Waals surface area contributed by atoms with Crippen molar-refractivity contribution >= 4 is 17.5 Å². The first-order valence-electron chi connectivity index (χ1n) is 10.2. The van der Waals surface area contributed by atoms with Crippen LogP contribution in [0.3, 0.4) is 0 Å². The maximum atomic E-state index is 12.8. The largest absolute Gasteiger partial charge is 0.489 e. The monoisotopic (exact) mass is 421 g/mol. The molecule has 0 aliphatic carbocycles. The zero-order valence-electron chi connectivity index (χ0n) is 17.7. The number of nitrogens with one attached hydrogen (secondary N) is 1. The van der Waals surface area contributed by atoms with Crippen LogP contribution in [0, 0.1) is 0 Å². The molecule has 0 saturated carbocycles. The van der Waals surface area contributed by atoms with Crippen molar-refractivity contribution in [2.45, 2.75) is 45.3 Å². The highest BCUT2D eigenvalue weighted by Crippen LogP contribution is 2.28. The Hall–Kier alpha value is -2.78. The number of carbonyl (C=O) groups is 1. The van der Waals surface area contributed by atoms with Gasteiger partial charge in [-0.25, -0.2) is 0 Å². The Bertz CT molecular complexity index is 985. The molecule has 1 amide bonds. The van der Waals surface area contributed by atoms with Gasteiger partial charge in [0, 0.05) is 22.2 Å². The van der Waals surface area contributed by atoms with Crippen LogP contribution in [0.5, 0.6) is 5.75 Å². The van der Waals surface area contributed by atoms with E-state index in [9.17, 15) is 4.79 Å². The Morgan fingerprint density at radius 2 is 1.70 bits per heavy atom. The third-order valence-electron chi connectivity index (χ3n) is 5.20. The van der Waals surface area contributed by atoms with E-state index in [2.05, 4.69) is 43.4 Å². The summed E-state index contributed by atoms with van der Waals surface area (Å²) in [5.74, 6) is 0.536. The van der Waals surface area contributed by atoms with Crippen LogP contribution in [-0.2, 0) is 12.0 Å². The standard InChI is InChI=1S/C26H28ClNO2/c1-19(17-26(2,3)22-12-5-4-6-13-22)28-25(29)20-11-9-14-23(16-20)30-18-21-10-7-8-15-24(21)27/h4-16,19H,17-18H2,1-3H3,(H,28,29)/t19-/m1/s1. The zero-order chi connectivity index (χ0) is 21.6. The molecule has 0 fully saturated rings. The lowest BCUT2D eigenvalue weighted by atomic mass is 9.79. The van der Waals surface area contributed by atoms with Crippen molar-refractivity contribution in [3.8, 4) is 5.75 Å². The highest BCUT2D eigenvalue weighted by Gasteiger charge is 2.24. The number of amides is 1. The summed E-state index contributed by atoms with van der Waals surface area (Å²) in [6.07, 6.45) is 0.839. The molecule has 1 N–H and O–H groups in total. The first kappa shape index (κ1) is 21.9. The number of halogens is 1. The second-order valence-corrected chi connectivity index (χ2v) is 8.64. The minimum Gasteiger partial charge on any atom is -0.489 e. The average Bonchev–Trinajstić information content (AvgIpc) is 2.73. The Labute approximate surface area is 184 Å². The van der Waals surface area contributed by atoms with Gasteiger partial charge in [-0.3, -0.25) is 4.79 Å². The quantitative estimate of drug-likeness (QED) is 0.456. The van der Waals surface area contributed by atoms with E-state index < -0.39 is 0 Å². The molecule has 0 bridgehead atoms. The second-order valence-electron chi connectivity index (χ2n) is 8.24. The highest BCUT2D eigenvalue weighted by atomic mass is 35.5. The first-order valence-corrected chi connectivity index (χ1v) is 10.6. The summed E-state index contributed by atoms with van der Waals surface area (Å²) in [4.78, 5) is 12.8. The third-order valence-corrected chi connectivity index (χ3v) is 5.57. The third kappa shape index (κ3) is 5.87. The van der Waals surface area contributed by atoms with Gasteiger partial charge in [-0.15, -0.1) is 0 Å². The van der Waals surface area contributed by atoms with E-state index in [0.29, 0.717) is 22.9 Å². The molecule has 0 spiro atoms. The van der Waals surface area contributed by atoms with E-state index in [0.717, 1.165) is 12.0 Å². The van der Waals surface area contributed by atoms with Gasteiger partial charge >= 0.3 is 0 Å². The Kier molecular flexibility index (Phi) is 7.17. The van der Waals surface area contributed by atoms with E-state index in [-0.39, 0.29) is 17.4 Å². The van der Waals surface area contributed by atoms with Crippen LogP contribution >= 0.6 is 11.6 Å². The molecule has 30 heavy (non-hydrogen) atoms. The fourth-order valence-corrected chi connectivity index (χ4v) is 3.82. The molecule has 0 aliphatic heterocycles. The lowest BCUT2D eigenvalue weighted by molar-refractivity contribution is 0.0934. The number of rotatable bonds is 8. The lowest BCUT2D eigenvalue weighted by Gasteiger charge is -2.29. The predicted octanol–water partition coefficient (Wildman–Crippen LogP) is 6.41. The van der Waals surface area contributed by atoms with Crippen molar-refractivity contribution in [1.82, 2.24) is 5.32 Å². The van der Waals surface area contributed by atoms with E-state index in [1.54, 1.807) is 12.1 Å². The molecule has 156 valence electrons. The van der Waals surface area contributed by atoms with Gasteiger partial charge in [-0.2, -0.15) is 0 Å². The topological polar surface area (TPSA) is 38.3 Å². The van der Waals surface area contributed by atoms with E-state index >= 15 is 0 Å². The van der Waals surface area contributed by atoms with Gasteiger partial charge < -0.3 is 10.1 Å². The predicted molar refractivity (Wildman–Crippen MR) is 123 cm³/mol. The Morgan fingerprint density at radius 3 is 2.43 bits per heavy atom. The summed E-state index contributed by atoms with van der Waals surface area (Å²) in [5, 5.41) is 3.78. The van der Waals surface area contributed by atoms with Gasteiger partial charge in [-0.05, 0) is 48.6 Å². The summed E-state index contributed by atoms with van der Waals surface area (Å²) in [5.41, 5.74) is 2.72. The molecule has 0 heterocycles. The minimum atomic E-state index is -0.102. The summed E-state index contributed by atoms with van der Waals surface area (Å²) < 4.78 is 5.84. The van der Waals surface area contributed by atoms with Crippen LogP contribution in [-0.4, -0.2) is 11.9 Å². The Morgan fingerprint density at radius 1 is 1.00 bits per heavy atom. The summed E-state index contributed by atoms with van der Waals surface area (Å²) in [7, 11) is 0. The normalized spacial score (nSPS) is 12.3. The summed E-state index contributed by atoms with van der Waals surface area (Å²) in [6, 6.07) is 25.2. The maximum Gasteiger partial charge on any atom is 0.251 e. The molecule has 0 aromatic heterocycles. The van der Waals surface area contributed by atoms with Crippen molar-refractivity contribution < 1.29 is 9.53 Å². The maximum absolute atomic E-state index is 12.8. The van der Waals surface area contributed by atoms with Crippen molar-refractivity contribution in [3.05, 3.63) is 101 Å². The summed E-state index contributed by atoms with van der Waals surface area (Å²) in [6.45, 7) is 6.80. The molecule has 3 aromatic carbocycles. The molecule has 4 heteroatoms. The number of hydrogen-bond donors (Lipinski definition) is 1. The smallest absolute Gasteiger partial charge is 0.251 e. The minimum absolute atomic E-state index is 0.0282. The zero-order valence-corrected chi connectivity index (χ0v) is 18.4. The van der Waals surface area contributed by atoms with Crippen molar-refractivity contribution in [2.75, 3.05) is 0 Å². The van der Waals surface area contributed by atoms with Gasteiger partial charge in [0.15, 0.2) is 0 Å². The molecular weight excluding hydrogens is 394 g/mol. The van der Waals surface area contributed by atoms with E-state index in [1.807, 2.05) is 49.4 Å². The molecule has 0 aliphatic rings. The number of ether oxygens (including phenoxy) is 1. The van der Waals surface area contributed by atoms with E-state index in [4.69, 9.17) is 16.3 Å². The van der Waals surface area contributed by atoms with Crippen LogP contribution in [0.1, 0.15) is 48.7 Å². The van der Waals surface area contributed by atoms with Gasteiger partial charge in [0.05, 0.1) is 0 Å². The van der Waals surface area contributed by atoms with Gasteiger partial charge in [0.25, 0.3) is 5.91 Å². The second kappa shape index (κ2) is 9.82. The van der Waals surface area contributed by atoms with Crippen molar-refractivity contribution in [1.29, 1.82) is 0 Å². The molecule has 3 rings (SSSR count). The first-order chi connectivity index (χ1) is 14.3. The molecule has 3 aromatic rings. The van der Waals surface area contributed by atoms with Gasteiger partial charge in [0.2, 0.25) is 0 Å². The van der Waals surface area contributed by atoms with E-state index in [1.165, 1.54) is 5.56 Å². The number of benzene rings is 3. The molecule has 1 atom stereocenters. The van der Waals surface area contributed by atoms with Crippen LogP contribution < -0.4 is 10.1 Å².